The molecule has 1 aliphatic rings. The van der Waals surface area contributed by atoms with Crippen molar-refractivity contribution in [3.05, 3.63) is 98.9 Å². The molecule has 0 spiro atoms. The number of rotatable bonds is 4. The molecule has 1 aromatic heterocycles. The van der Waals surface area contributed by atoms with Crippen LogP contribution in [-0.2, 0) is 6.54 Å². The van der Waals surface area contributed by atoms with Crippen molar-refractivity contribution in [1.29, 1.82) is 0 Å². The Kier molecular flexibility index (Phi) is 5.22. The standard InChI is InChI=1S/C25H17ClN4O4/c1-2-29-23(32)16-8-4-3-7-15(16)21(28-29)22(31)27-14-11-12-20(19(26)13-14)30-24(33)17-9-5-6-10-18(17)25(30)34/h3-13H,2H2,1H3,(H,27,31). The van der Waals surface area contributed by atoms with E-state index in [4.69, 9.17) is 11.6 Å². The van der Waals surface area contributed by atoms with E-state index in [1.165, 1.54) is 16.8 Å². The molecule has 8 nitrogen and oxygen atoms in total. The van der Waals surface area contributed by atoms with Crippen molar-refractivity contribution in [3.63, 3.8) is 0 Å². The second-order valence-corrected chi connectivity index (χ2v) is 8.03. The fourth-order valence-corrected chi connectivity index (χ4v) is 4.25. The summed E-state index contributed by atoms with van der Waals surface area (Å²) in [5.41, 5.74) is 1.000. The van der Waals surface area contributed by atoms with Gasteiger partial charge >= 0.3 is 0 Å². The first-order chi connectivity index (χ1) is 16.4. The van der Waals surface area contributed by atoms with Crippen molar-refractivity contribution in [2.24, 2.45) is 0 Å². The molecule has 0 atom stereocenters. The lowest BCUT2D eigenvalue weighted by Gasteiger charge is -2.17. The summed E-state index contributed by atoms with van der Waals surface area (Å²) in [6.07, 6.45) is 0. The van der Waals surface area contributed by atoms with Crippen LogP contribution in [0.1, 0.15) is 38.1 Å². The number of hydrogen-bond acceptors (Lipinski definition) is 5. The molecule has 0 aliphatic carbocycles. The Labute approximate surface area is 198 Å². The number of imide groups is 1. The first kappa shape index (κ1) is 21.5. The van der Waals surface area contributed by atoms with E-state index in [2.05, 4.69) is 10.4 Å². The second-order valence-electron chi connectivity index (χ2n) is 7.63. The van der Waals surface area contributed by atoms with E-state index in [1.807, 2.05) is 0 Å². The largest absolute Gasteiger partial charge is 0.321 e. The number of fused-ring (bicyclic) bond motifs is 2. The van der Waals surface area contributed by atoms with Crippen LogP contribution in [0.4, 0.5) is 11.4 Å². The number of halogens is 1. The van der Waals surface area contributed by atoms with Gasteiger partial charge in [-0.2, -0.15) is 5.10 Å². The fourth-order valence-electron chi connectivity index (χ4n) is 3.98. The topological polar surface area (TPSA) is 101 Å². The third-order valence-corrected chi connectivity index (χ3v) is 5.93. The lowest BCUT2D eigenvalue weighted by atomic mass is 10.1. The molecule has 1 aliphatic heterocycles. The summed E-state index contributed by atoms with van der Waals surface area (Å²) in [6.45, 7) is 2.08. The molecule has 5 rings (SSSR count). The minimum absolute atomic E-state index is 0.0950. The van der Waals surface area contributed by atoms with Crippen LogP contribution in [0.5, 0.6) is 0 Å². The van der Waals surface area contributed by atoms with Crippen molar-refractivity contribution >= 4 is 51.5 Å². The van der Waals surface area contributed by atoms with Crippen molar-refractivity contribution < 1.29 is 14.4 Å². The van der Waals surface area contributed by atoms with Crippen molar-refractivity contribution in [2.45, 2.75) is 13.5 Å². The molecular formula is C25H17ClN4O4. The molecule has 34 heavy (non-hydrogen) atoms. The molecule has 0 saturated carbocycles. The molecule has 1 N–H and O–H groups in total. The van der Waals surface area contributed by atoms with Gasteiger partial charge in [-0.1, -0.05) is 41.9 Å². The quantitative estimate of drug-likeness (QED) is 0.450. The second kappa shape index (κ2) is 8.24. The van der Waals surface area contributed by atoms with E-state index < -0.39 is 17.7 Å². The maximum atomic E-state index is 13.1. The SMILES string of the molecule is CCn1nc(C(=O)Nc2ccc(N3C(=O)c4ccccc4C3=O)c(Cl)c2)c2ccccc2c1=O. The van der Waals surface area contributed by atoms with Crippen LogP contribution in [0.2, 0.25) is 5.02 Å². The van der Waals surface area contributed by atoms with E-state index in [0.29, 0.717) is 34.1 Å². The Bertz CT molecular complexity index is 1540. The molecule has 168 valence electrons. The first-order valence-corrected chi connectivity index (χ1v) is 10.9. The van der Waals surface area contributed by atoms with E-state index >= 15 is 0 Å². The van der Waals surface area contributed by atoms with E-state index in [-0.39, 0.29) is 22.0 Å². The molecule has 0 unspecified atom stereocenters. The van der Waals surface area contributed by atoms with Crippen molar-refractivity contribution in [1.82, 2.24) is 9.78 Å². The molecule has 0 bridgehead atoms. The van der Waals surface area contributed by atoms with Gasteiger partial charge in [0.15, 0.2) is 5.69 Å². The minimum atomic E-state index is -0.525. The highest BCUT2D eigenvalue weighted by atomic mass is 35.5. The van der Waals surface area contributed by atoms with Crippen LogP contribution < -0.4 is 15.8 Å². The van der Waals surface area contributed by atoms with E-state index in [1.54, 1.807) is 61.5 Å². The number of aryl methyl sites for hydroxylation is 1. The van der Waals surface area contributed by atoms with Crippen LogP contribution in [0, 0.1) is 0 Å². The van der Waals surface area contributed by atoms with Gasteiger partial charge in [0.25, 0.3) is 23.3 Å². The minimum Gasteiger partial charge on any atom is -0.321 e. The Morgan fingerprint density at radius 3 is 2.15 bits per heavy atom. The van der Waals surface area contributed by atoms with Gasteiger partial charge in [-0.3, -0.25) is 19.2 Å². The highest BCUT2D eigenvalue weighted by Gasteiger charge is 2.37. The fraction of sp³-hybridized carbons (Fsp3) is 0.0800. The zero-order chi connectivity index (χ0) is 24.0. The van der Waals surface area contributed by atoms with Gasteiger partial charge in [-0.05, 0) is 43.3 Å². The zero-order valence-electron chi connectivity index (χ0n) is 17.9. The Balaban J connectivity index is 1.47. The maximum absolute atomic E-state index is 13.1. The number of nitrogens with zero attached hydrogens (tertiary/aromatic N) is 3. The summed E-state index contributed by atoms with van der Waals surface area (Å²) in [5.74, 6) is -1.45. The van der Waals surface area contributed by atoms with Gasteiger partial charge in [0.05, 0.1) is 27.2 Å². The number of amides is 3. The highest BCUT2D eigenvalue weighted by Crippen LogP contribution is 2.35. The lowest BCUT2D eigenvalue weighted by Crippen LogP contribution is -2.29. The van der Waals surface area contributed by atoms with Crippen molar-refractivity contribution in [3.8, 4) is 0 Å². The Morgan fingerprint density at radius 2 is 1.53 bits per heavy atom. The van der Waals surface area contributed by atoms with Gasteiger partial charge in [-0.15, -0.1) is 0 Å². The first-order valence-electron chi connectivity index (χ1n) is 10.5. The average Bonchev–Trinajstić information content (AvgIpc) is 3.10. The molecule has 0 saturated heterocycles. The molecule has 3 aromatic carbocycles. The number of hydrogen-bond donors (Lipinski definition) is 1. The normalized spacial score (nSPS) is 12.8. The third kappa shape index (κ3) is 3.36. The molecule has 4 aromatic rings. The highest BCUT2D eigenvalue weighted by molar-refractivity contribution is 6.40. The predicted octanol–water partition coefficient (Wildman–Crippen LogP) is 4.12. The van der Waals surface area contributed by atoms with Crippen LogP contribution in [-0.4, -0.2) is 27.5 Å². The lowest BCUT2D eigenvalue weighted by molar-refractivity contribution is 0.0924. The monoisotopic (exact) mass is 472 g/mol. The summed E-state index contributed by atoms with van der Waals surface area (Å²) in [6, 6.07) is 17.8. The molecule has 3 amide bonds. The predicted molar refractivity (Wildman–Crippen MR) is 129 cm³/mol. The Morgan fingerprint density at radius 1 is 0.912 bits per heavy atom. The van der Waals surface area contributed by atoms with Crippen LogP contribution in [0.25, 0.3) is 10.8 Å². The summed E-state index contributed by atoms with van der Waals surface area (Å²) < 4.78 is 1.23. The van der Waals surface area contributed by atoms with Gasteiger partial charge in [-0.25, -0.2) is 9.58 Å². The van der Waals surface area contributed by atoms with E-state index in [0.717, 1.165) is 4.90 Å². The molecule has 0 radical (unpaired) electrons. The average molecular weight is 473 g/mol. The van der Waals surface area contributed by atoms with Crippen LogP contribution >= 0.6 is 11.6 Å². The number of anilines is 2. The number of nitrogens with one attached hydrogen (secondary N) is 1. The zero-order valence-corrected chi connectivity index (χ0v) is 18.7. The van der Waals surface area contributed by atoms with E-state index in [9.17, 15) is 19.2 Å². The smallest absolute Gasteiger partial charge is 0.276 e. The van der Waals surface area contributed by atoms with Gasteiger partial charge in [0.2, 0.25) is 0 Å². The third-order valence-electron chi connectivity index (χ3n) is 5.62. The summed E-state index contributed by atoms with van der Waals surface area (Å²) in [5, 5.41) is 7.89. The number of carbonyl (C=O) groups excluding carboxylic acids is 3. The maximum Gasteiger partial charge on any atom is 0.276 e. The summed E-state index contributed by atoms with van der Waals surface area (Å²) in [7, 11) is 0. The molecule has 2 heterocycles. The number of benzene rings is 3. The Hall–Kier alpha value is -4.30. The summed E-state index contributed by atoms with van der Waals surface area (Å²) >= 11 is 6.42. The summed E-state index contributed by atoms with van der Waals surface area (Å²) in [4.78, 5) is 52.1. The van der Waals surface area contributed by atoms with Crippen LogP contribution in [0.3, 0.4) is 0 Å². The molecule has 0 fully saturated rings. The number of carbonyl (C=O) groups is 3. The van der Waals surface area contributed by atoms with Gasteiger partial charge in [0, 0.05) is 17.6 Å². The van der Waals surface area contributed by atoms with Gasteiger partial charge < -0.3 is 5.32 Å². The van der Waals surface area contributed by atoms with Crippen molar-refractivity contribution in [2.75, 3.05) is 10.2 Å². The molecule has 9 heteroatoms. The van der Waals surface area contributed by atoms with Gasteiger partial charge in [0.1, 0.15) is 0 Å². The molecular weight excluding hydrogens is 456 g/mol. The number of aromatic nitrogens is 2. The van der Waals surface area contributed by atoms with Crippen LogP contribution in [0.15, 0.2) is 71.5 Å².